The number of aromatic nitrogens is 2. The van der Waals surface area contributed by atoms with Gasteiger partial charge in [0.1, 0.15) is 11.2 Å². The molecule has 3 heterocycles. The Morgan fingerprint density at radius 2 is 2.07 bits per heavy atom. The van der Waals surface area contributed by atoms with Crippen LogP contribution in [0.1, 0.15) is 22.8 Å². The predicted octanol–water partition coefficient (Wildman–Crippen LogP) is 3.49. The summed E-state index contributed by atoms with van der Waals surface area (Å²) in [5, 5.41) is 5.65. The van der Waals surface area contributed by atoms with E-state index in [0.29, 0.717) is 22.4 Å². The average Bonchev–Trinajstić information content (AvgIpc) is 3.12. The molecule has 150 valence electrons. The van der Waals surface area contributed by atoms with E-state index in [1.165, 1.54) is 19.5 Å². The Morgan fingerprint density at radius 1 is 1.31 bits per heavy atom. The average molecular weight is 421 g/mol. The van der Waals surface area contributed by atoms with Gasteiger partial charge in [-0.15, -0.1) is 0 Å². The Hall–Kier alpha value is -3.04. The third kappa shape index (κ3) is 2.93. The molecule has 10 heteroatoms. The second kappa shape index (κ2) is 6.78. The number of amides is 1. The number of fused-ring (bicyclic) bond motifs is 3. The lowest BCUT2D eigenvalue weighted by atomic mass is 9.96. The molecule has 4 rings (SSSR count). The van der Waals surface area contributed by atoms with Gasteiger partial charge in [0.25, 0.3) is 5.91 Å². The van der Waals surface area contributed by atoms with Crippen molar-refractivity contribution in [2.45, 2.75) is 12.5 Å². The van der Waals surface area contributed by atoms with Crippen molar-refractivity contribution in [1.82, 2.24) is 9.97 Å². The Balaban J connectivity index is 1.89. The summed E-state index contributed by atoms with van der Waals surface area (Å²) in [6.07, 6.45) is 2.86. The van der Waals surface area contributed by atoms with Crippen LogP contribution < -0.4 is 10.6 Å². The number of ketones is 1. The van der Waals surface area contributed by atoms with Gasteiger partial charge in [0.15, 0.2) is 17.4 Å². The van der Waals surface area contributed by atoms with Crippen LogP contribution in [-0.4, -0.2) is 40.9 Å². The summed E-state index contributed by atoms with van der Waals surface area (Å²) >= 11 is 5.86. The Bertz CT molecular complexity index is 1180. The highest BCUT2D eigenvalue weighted by molar-refractivity contribution is 6.36. The van der Waals surface area contributed by atoms with Crippen molar-refractivity contribution < 1.29 is 23.1 Å². The molecule has 0 spiro atoms. The number of ether oxygens (including phenoxy) is 1. The maximum atomic E-state index is 13.9. The molecule has 1 atom stereocenters. The monoisotopic (exact) mass is 420 g/mol. The molecule has 0 saturated carbocycles. The first kappa shape index (κ1) is 19.3. The van der Waals surface area contributed by atoms with Crippen molar-refractivity contribution in [2.75, 3.05) is 24.4 Å². The number of hydrogen-bond acceptors (Lipinski definition) is 5. The molecule has 0 saturated heterocycles. The van der Waals surface area contributed by atoms with E-state index >= 15 is 0 Å². The fourth-order valence-electron chi connectivity index (χ4n) is 3.33. The number of anilines is 2. The van der Waals surface area contributed by atoms with E-state index in [2.05, 4.69) is 20.6 Å². The second-order valence-electron chi connectivity index (χ2n) is 6.87. The Labute approximate surface area is 168 Å². The molecule has 1 amide bonds. The third-order valence-electron chi connectivity index (χ3n) is 4.81. The van der Waals surface area contributed by atoms with Crippen molar-refractivity contribution in [3.63, 3.8) is 0 Å². The van der Waals surface area contributed by atoms with E-state index in [4.69, 9.17) is 16.3 Å². The number of pyridine rings is 1. The van der Waals surface area contributed by atoms with Crippen LogP contribution in [0.5, 0.6) is 0 Å². The number of nitrogens with one attached hydrogen (secondary N) is 3. The van der Waals surface area contributed by atoms with E-state index in [1.54, 1.807) is 6.92 Å². The number of methoxy groups -OCH3 is 1. The first-order valence-electron chi connectivity index (χ1n) is 8.53. The molecule has 29 heavy (non-hydrogen) atoms. The molecular weight excluding hydrogens is 406 g/mol. The van der Waals surface area contributed by atoms with Gasteiger partial charge in [0, 0.05) is 18.9 Å². The number of hydrogen-bond donors (Lipinski definition) is 3. The molecule has 3 N–H and O–H groups in total. The summed E-state index contributed by atoms with van der Waals surface area (Å²) in [7, 11) is 1.47. The molecule has 0 radical (unpaired) electrons. The number of rotatable bonds is 4. The van der Waals surface area contributed by atoms with Gasteiger partial charge < -0.3 is 20.4 Å². The molecule has 0 fully saturated rings. The molecule has 1 aromatic carbocycles. The van der Waals surface area contributed by atoms with Crippen LogP contribution in [0.2, 0.25) is 5.02 Å². The van der Waals surface area contributed by atoms with Crippen LogP contribution in [0.25, 0.3) is 11.0 Å². The number of nitrogens with zero attached hydrogens (tertiary/aromatic N) is 1. The molecule has 3 aromatic rings. The number of H-pyrrole nitrogens is 1. The van der Waals surface area contributed by atoms with Gasteiger partial charge in [-0.3, -0.25) is 9.59 Å². The smallest absolute Gasteiger partial charge is 0.252 e. The lowest BCUT2D eigenvalue weighted by Crippen LogP contribution is -2.53. The van der Waals surface area contributed by atoms with Crippen LogP contribution in [0, 0.1) is 11.6 Å². The van der Waals surface area contributed by atoms with Gasteiger partial charge in [-0.2, -0.15) is 0 Å². The molecule has 1 aliphatic rings. The second-order valence-corrected chi connectivity index (χ2v) is 7.25. The SMILES string of the molecule is COC[C@]1(C)Nc2c(cnc3[nH]cc(C(=O)c4ccc(F)c(F)c4Cl)c23)NC1=O. The number of benzene rings is 1. The minimum atomic E-state index is -1.30. The maximum Gasteiger partial charge on any atom is 0.252 e. The topological polar surface area (TPSA) is 96.1 Å². The van der Waals surface area contributed by atoms with Gasteiger partial charge in [0.2, 0.25) is 0 Å². The van der Waals surface area contributed by atoms with Crippen LogP contribution in [0.15, 0.2) is 24.5 Å². The number of aromatic amines is 1. The summed E-state index contributed by atoms with van der Waals surface area (Å²) in [5.74, 6) is -3.39. The summed E-state index contributed by atoms with van der Waals surface area (Å²) in [5.41, 5.74) is 0.0600. The van der Waals surface area contributed by atoms with Crippen molar-refractivity contribution in [2.24, 2.45) is 0 Å². The highest BCUT2D eigenvalue weighted by Gasteiger charge is 2.39. The van der Waals surface area contributed by atoms with Crippen LogP contribution in [0.3, 0.4) is 0 Å². The normalized spacial score (nSPS) is 18.3. The molecule has 0 aliphatic carbocycles. The van der Waals surface area contributed by atoms with E-state index < -0.39 is 28.0 Å². The predicted molar refractivity (Wildman–Crippen MR) is 103 cm³/mol. The molecule has 7 nitrogen and oxygen atoms in total. The van der Waals surface area contributed by atoms with Gasteiger partial charge in [-0.25, -0.2) is 13.8 Å². The zero-order chi connectivity index (χ0) is 20.9. The minimum Gasteiger partial charge on any atom is -0.382 e. The van der Waals surface area contributed by atoms with Crippen molar-refractivity contribution >= 4 is 45.7 Å². The van der Waals surface area contributed by atoms with Crippen LogP contribution in [0.4, 0.5) is 20.2 Å². The van der Waals surface area contributed by atoms with Gasteiger partial charge in [0.05, 0.1) is 40.2 Å². The van der Waals surface area contributed by atoms with Crippen molar-refractivity contribution in [3.8, 4) is 0 Å². The fourth-order valence-corrected chi connectivity index (χ4v) is 3.57. The first-order valence-corrected chi connectivity index (χ1v) is 8.91. The minimum absolute atomic E-state index is 0.0742. The molecule has 2 aromatic heterocycles. The highest BCUT2D eigenvalue weighted by Crippen LogP contribution is 2.39. The summed E-state index contributed by atoms with van der Waals surface area (Å²) in [6, 6.07) is 1.96. The van der Waals surface area contributed by atoms with Gasteiger partial charge >= 0.3 is 0 Å². The zero-order valence-corrected chi connectivity index (χ0v) is 16.1. The van der Waals surface area contributed by atoms with E-state index in [-0.39, 0.29) is 23.6 Å². The lowest BCUT2D eigenvalue weighted by Gasteiger charge is -2.35. The number of halogens is 3. The quantitative estimate of drug-likeness (QED) is 0.443. The standard InChI is InChI=1S/C19H15ClF2N4O3/c1-19(7-29-2)18(28)25-11-6-24-17-12(15(11)26-19)9(5-23-17)16(27)8-3-4-10(21)14(22)13(8)20/h3-6,26H,7H2,1-2H3,(H,23,24)(H,25,28)/t19-/m0/s1. The molecule has 0 bridgehead atoms. The fraction of sp³-hybridized carbons (Fsp3) is 0.211. The summed E-state index contributed by atoms with van der Waals surface area (Å²) in [6.45, 7) is 1.73. The zero-order valence-electron chi connectivity index (χ0n) is 15.3. The van der Waals surface area contributed by atoms with E-state index in [9.17, 15) is 18.4 Å². The van der Waals surface area contributed by atoms with Crippen molar-refractivity contribution in [1.29, 1.82) is 0 Å². The summed E-state index contributed by atoms with van der Waals surface area (Å²) in [4.78, 5) is 32.6. The van der Waals surface area contributed by atoms with E-state index in [0.717, 1.165) is 12.1 Å². The molecule has 1 aliphatic heterocycles. The van der Waals surface area contributed by atoms with Crippen molar-refractivity contribution in [3.05, 3.63) is 52.3 Å². The Kier molecular flexibility index (Phi) is 4.51. The molecular formula is C19H15ClF2N4O3. The van der Waals surface area contributed by atoms with Crippen LogP contribution >= 0.6 is 11.6 Å². The number of carbonyl (C=O) groups is 2. The lowest BCUT2D eigenvalue weighted by molar-refractivity contribution is -0.121. The van der Waals surface area contributed by atoms with Gasteiger partial charge in [-0.1, -0.05) is 11.6 Å². The van der Waals surface area contributed by atoms with Crippen LogP contribution in [-0.2, 0) is 9.53 Å². The Morgan fingerprint density at radius 3 is 2.79 bits per heavy atom. The maximum absolute atomic E-state index is 13.9. The third-order valence-corrected chi connectivity index (χ3v) is 5.18. The van der Waals surface area contributed by atoms with Gasteiger partial charge in [-0.05, 0) is 19.1 Å². The van der Waals surface area contributed by atoms with E-state index in [1.807, 2.05) is 0 Å². The number of carbonyl (C=O) groups excluding carboxylic acids is 2. The molecule has 0 unspecified atom stereocenters. The highest BCUT2D eigenvalue weighted by atomic mass is 35.5. The summed E-state index contributed by atoms with van der Waals surface area (Å²) < 4.78 is 32.4. The largest absolute Gasteiger partial charge is 0.382 e. The first-order chi connectivity index (χ1) is 13.8.